The molecule has 168 valence electrons. The quantitative estimate of drug-likeness (QED) is 0.611. The molecule has 0 radical (unpaired) electrons. The van der Waals surface area contributed by atoms with E-state index in [1.54, 1.807) is 49.4 Å². The first-order valence-corrected chi connectivity index (χ1v) is 10.6. The monoisotopic (exact) mass is 466 g/mol. The second-order valence-corrected chi connectivity index (χ2v) is 8.89. The summed E-state index contributed by atoms with van der Waals surface area (Å²) in [6.45, 7) is 7.06. The van der Waals surface area contributed by atoms with Crippen molar-refractivity contribution in [1.29, 1.82) is 0 Å². The van der Waals surface area contributed by atoms with Crippen LogP contribution in [-0.4, -0.2) is 42.0 Å². The lowest BCUT2D eigenvalue weighted by molar-refractivity contribution is -0.142. The number of nitrogens with zero attached hydrogens (tertiary/aromatic N) is 1. The van der Waals surface area contributed by atoms with E-state index in [4.69, 9.17) is 32.7 Å². The molecule has 0 fully saturated rings. The van der Waals surface area contributed by atoms with E-state index in [9.17, 15) is 9.59 Å². The molecule has 0 aliphatic rings. The molecule has 1 N–H and O–H groups in total. The van der Waals surface area contributed by atoms with Gasteiger partial charge in [0.05, 0.1) is 7.11 Å². The van der Waals surface area contributed by atoms with Gasteiger partial charge in [0.25, 0.3) is 5.91 Å². The normalized spacial score (nSPS) is 12.1. The highest BCUT2D eigenvalue weighted by Crippen LogP contribution is 2.28. The Balaban J connectivity index is 2.27. The molecule has 0 aliphatic carbocycles. The predicted molar refractivity (Wildman–Crippen MR) is 123 cm³/mol. The van der Waals surface area contributed by atoms with Crippen molar-refractivity contribution in [2.24, 2.45) is 0 Å². The molecule has 0 saturated carbocycles. The lowest BCUT2D eigenvalue weighted by atomic mass is 10.1. The molecule has 0 saturated heterocycles. The summed E-state index contributed by atoms with van der Waals surface area (Å²) in [5, 5.41) is 3.73. The van der Waals surface area contributed by atoms with E-state index in [-0.39, 0.29) is 19.1 Å². The van der Waals surface area contributed by atoms with Crippen LogP contribution in [0.3, 0.4) is 0 Å². The molecule has 31 heavy (non-hydrogen) atoms. The fourth-order valence-corrected chi connectivity index (χ4v) is 3.39. The van der Waals surface area contributed by atoms with Gasteiger partial charge in [-0.2, -0.15) is 0 Å². The van der Waals surface area contributed by atoms with Crippen molar-refractivity contribution in [2.45, 2.75) is 45.8 Å². The maximum Gasteiger partial charge on any atom is 0.261 e. The Labute approximate surface area is 193 Å². The molecule has 6 nitrogen and oxygen atoms in total. The molecular weight excluding hydrogens is 439 g/mol. The minimum Gasteiger partial charge on any atom is -0.493 e. The summed E-state index contributed by atoms with van der Waals surface area (Å²) in [6.07, 6.45) is 0. The Hall–Kier alpha value is -2.44. The van der Waals surface area contributed by atoms with Crippen molar-refractivity contribution in [3.63, 3.8) is 0 Å². The van der Waals surface area contributed by atoms with E-state index >= 15 is 0 Å². The predicted octanol–water partition coefficient (Wildman–Crippen LogP) is 4.71. The van der Waals surface area contributed by atoms with Crippen LogP contribution in [0, 0.1) is 0 Å². The topological polar surface area (TPSA) is 67.9 Å². The largest absolute Gasteiger partial charge is 0.493 e. The fourth-order valence-electron chi connectivity index (χ4n) is 2.87. The van der Waals surface area contributed by atoms with Crippen LogP contribution in [-0.2, 0) is 16.1 Å². The molecule has 0 unspecified atom stereocenters. The van der Waals surface area contributed by atoms with Gasteiger partial charge in [0.2, 0.25) is 5.91 Å². The van der Waals surface area contributed by atoms with E-state index in [0.29, 0.717) is 27.1 Å². The van der Waals surface area contributed by atoms with Crippen LogP contribution >= 0.6 is 23.2 Å². The van der Waals surface area contributed by atoms with E-state index < -0.39 is 17.5 Å². The van der Waals surface area contributed by atoms with E-state index in [0.717, 1.165) is 0 Å². The van der Waals surface area contributed by atoms with Crippen LogP contribution in [0.2, 0.25) is 10.0 Å². The SMILES string of the molecule is COc1ccccc1OCC(=O)N(Cc1c(Cl)cccc1Cl)[C@H](C)C(=O)NC(C)(C)C. The minimum absolute atomic E-state index is 0.0609. The molecule has 8 heteroatoms. The van der Waals surface area contributed by atoms with Gasteiger partial charge in [0, 0.05) is 27.7 Å². The minimum atomic E-state index is -0.777. The summed E-state index contributed by atoms with van der Waals surface area (Å²) in [6, 6.07) is 11.4. The molecule has 2 rings (SSSR count). The molecule has 0 heterocycles. The molecule has 0 aliphatic heterocycles. The number of hydrogen-bond acceptors (Lipinski definition) is 4. The third-order valence-corrected chi connectivity index (χ3v) is 5.18. The first-order valence-electron chi connectivity index (χ1n) is 9.83. The Kier molecular flexibility index (Phi) is 8.60. The zero-order valence-electron chi connectivity index (χ0n) is 18.4. The van der Waals surface area contributed by atoms with Crippen LogP contribution in [0.15, 0.2) is 42.5 Å². The third-order valence-electron chi connectivity index (χ3n) is 4.48. The first-order chi connectivity index (χ1) is 14.5. The highest BCUT2D eigenvalue weighted by Gasteiger charge is 2.29. The molecule has 2 amide bonds. The average Bonchev–Trinajstić information content (AvgIpc) is 2.70. The standard InChI is InChI=1S/C23H28Cl2N2O4/c1-15(22(29)26-23(2,3)4)27(13-16-17(24)9-8-10-18(16)25)21(28)14-31-20-12-7-6-11-19(20)30-5/h6-12,15H,13-14H2,1-5H3,(H,26,29)/t15-/m1/s1. The number of carbonyl (C=O) groups is 2. The van der Waals surface area contributed by atoms with Crippen molar-refractivity contribution in [3.05, 3.63) is 58.1 Å². The summed E-state index contributed by atoms with van der Waals surface area (Å²) in [5.74, 6) is 0.259. The number of ether oxygens (including phenoxy) is 2. The van der Waals surface area contributed by atoms with Gasteiger partial charge in [-0.1, -0.05) is 41.4 Å². The second kappa shape index (κ2) is 10.7. The van der Waals surface area contributed by atoms with Gasteiger partial charge in [0.1, 0.15) is 6.04 Å². The van der Waals surface area contributed by atoms with Crippen LogP contribution < -0.4 is 14.8 Å². The number of amides is 2. The summed E-state index contributed by atoms with van der Waals surface area (Å²) >= 11 is 12.6. The first kappa shape index (κ1) is 24.8. The average molecular weight is 467 g/mol. The van der Waals surface area contributed by atoms with Crippen molar-refractivity contribution < 1.29 is 19.1 Å². The Morgan fingerprint density at radius 3 is 2.16 bits per heavy atom. The highest BCUT2D eigenvalue weighted by atomic mass is 35.5. The maximum atomic E-state index is 13.1. The van der Waals surface area contributed by atoms with Crippen LogP contribution in [0.4, 0.5) is 0 Å². The number of halogens is 2. The van der Waals surface area contributed by atoms with Gasteiger partial charge in [-0.15, -0.1) is 0 Å². The van der Waals surface area contributed by atoms with Gasteiger partial charge in [-0.05, 0) is 52.0 Å². The Bertz CT molecular complexity index is 908. The number of hydrogen-bond donors (Lipinski definition) is 1. The Morgan fingerprint density at radius 1 is 1.03 bits per heavy atom. The van der Waals surface area contributed by atoms with Crippen LogP contribution in [0.25, 0.3) is 0 Å². The molecule has 0 aromatic heterocycles. The molecule has 0 spiro atoms. The lowest BCUT2D eigenvalue weighted by Gasteiger charge is -2.31. The zero-order chi connectivity index (χ0) is 23.2. The Morgan fingerprint density at radius 2 is 1.61 bits per heavy atom. The second-order valence-electron chi connectivity index (χ2n) is 8.08. The highest BCUT2D eigenvalue weighted by molar-refractivity contribution is 6.36. The molecule has 0 bridgehead atoms. The number of nitrogens with one attached hydrogen (secondary N) is 1. The lowest BCUT2D eigenvalue weighted by Crippen LogP contribution is -2.53. The fraction of sp³-hybridized carbons (Fsp3) is 0.391. The number of methoxy groups -OCH3 is 1. The van der Waals surface area contributed by atoms with Gasteiger partial charge >= 0.3 is 0 Å². The summed E-state index contributed by atoms with van der Waals surface area (Å²) in [7, 11) is 1.52. The summed E-state index contributed by atoms with van der Waals surface area (Å²) < 4.78 is 10.9. The number of para-hydroxylation sites is 2. The van der Waals surface area contributed by atoms with Gasteiger partial charge in [-0.3, -0.25) is 9.59 Å². The van der Waals surface area contributed by atoms with Crippen LogP contribution in [0.5, 0.6) is 11.5 Å². The van der Waals surface area contributed by atoms with Crippen LogP contribution in [0.1, 0.15) is 33.3 Å². The maximum absolute atomic E-state index is 13.1. The number of benzene rings is 2. The van der Waals surface area contributed by atoms with Gasteiger partial charge in [-0.25, -0.2) is 0 Å². The smallest absolute Gasteiger partial charge is 0.261 e. The molecular formula is C23H28Cl2N2O4. The summed E-state index contributed by atoms with van der Waals surface area (Å²) in [4.78, 5) is 27.4. The van der Waals surface area contributed by atoms with Crippen molar-refractivity contribution in [2.75, 3.05) is 13.7 Å². The zero-order valence-corrected chi connectivity index (χ0v) is 19.9. The van der Waals surface area contributed by atoms with Crippen molar-refractivity contribution >= 4 is 35.0 Å². The van der Waals surface area contributed by atoms with Gasteiger partial charge in [0.15, 0.2) is 18.1 Å². The van der Waals surface area contributed by atoms with Crippen molar-refractivity contribution in [1.82, 2.24) is 10.2 Å². The molecule has 1 atom stereocenters. The molecule has 2 aromatic rings. The van der Waals surface area contributed by atoms with E-state index in [2.05, 4.69) is 5.32 Å². The number of carbonyl (C=O) groups excluding carboxylic acids is 2. The molecule has 2 aromatic carbocycles. The number of rotatable bonds is 8. The van der Waals surface area contributed by atoms with E-state index in [1.165, 1.54) is 12.0 Å². The van der Waals surface area contributed by atoms with E-state index in [1.807, 2.05) is 20.8 Å². The third kappa shape index (κ3) is 7.04. The van der Waals surface area contributed by atoms with Gasteiger partial charge < -0.3 is 19.7 Å². The van der Waals surface area contributed by atoms with Crippen molar-refractivity contribution in [3.8, 4) is 11.5 Å². The summed E-state index contributed by atoms with van der Waals surface area (Å²) in [5.41, 5.74) is 0.114.